The summed E-state index contributed by atoms with van der Waals surface area (Å²) >= 11 is 6.61. The van der Waals surface area contributed by atoms with Gasteiger partial charge < -0.3 is 15.6 Å². The molecule has 0 aromatic heterocycles. The van der Waals surface area contributed by atoms with E-state index < -0.39 is 22.5 Å². The second kappa shape index (κ2) is 6.96. The van der Waals surface area contributed by atoms with Crippen LogP contribution in [0.2, 0.25) is 0 Å². The monoisotopic (exact) mass is 343 g/mol. The molecular formula is C18H30ClNO3. The quantitative estimate of drug-likeness (QED) is 0.607. The maximum Gasteiger partial charge on any atom is 0.332 e. The van der Waals surface area contributed by atoms with E-state index >= 15 is 0 Å². The molecular weight excluding hydrogens is 314 g/mol. The zero-order valence-corrected chi connectivity index (χ0v) is 15.8. The first-order chi connectivity index (χ1) is 10.3. The number of rotatable bonds is 4. The van der Waals surface area contributed by atoms with Gasteiger partial charge >= 0.3 is 5.97 Å². The highest BCUT2D eigenvalue weighted by Gasteiger charge is 2.45. The average Bonchev–Trinajstić information content (AvgIpc) is 2.34. The topological polar surface area (TPSA) is 72.5 Å². The first-order valence-corrected chi connectivity index (χ1v) is 8.38. The lowest BCUT2D eigenvalue weighted by Gasteiger charge is -2.35. The third kappa shape index (κ3) is 5.63. The first-order valence-electron chi connectivity index (χ1n) is 8.00. The van der Waals surface area contributed by atoms with Crippen LogP contribution in [-0.4, -0.2) is 34.2 Å². The summed E-state index contributed by atoms with van der Waals surface area (Å²) < 4.78 is 5.45. The van der Waals surface area contributed by atoms with Crippen LogP contribution in [0.25, 0.3) is 0 Å². The molecule has 0 amide bonds. The van der Waals surface area contributed by atoms with Crippen molar-refractivity contribution in [1.29, 1.82) is 0 Å². The molecule has 1 aliphatic carbocycles. The molecule has 4 nitrogen and oxygen atoms in total. The van der Waals surface area contributed by atoms with Crippen molar-refractivity contribution < 1.29 is 14.6 Å². The average molecular weight is 344 g/mol. The SMILES string of the molecule is CC(C)(C)CC(O)C1=CC(Cl)(C(=O)OC(C)(C)C)C(CN)C=C1. The Kier molecular flexibility index (Phi) is 6.11. The summed E-state index contributed by atoms with van der Waals surface area (Å²) in [6.45, 7) is 11.7. The standard InChI is InChI=1S/C18H30ClNO3/c1-16(2,3)10-14(21)12-7-8-13(11-20)18(19,9-12)15(22)23-17(4,5)6/h7-9,13-14,21H,10-11,20H2,1-6H3. The maximum atomic E-state index is 12.6. The predicted molar refractivity (Wildman–Crippen MR) is 94.3 cm³/mol. The molecule has 0 aromatic rings. The van der Waals surface area contributed by atoms with Gasteiger partial charge in [0.05, 0.1) is 6.10 Å². The van der Waals surface area contributed by atoms with Gasteiger partial charge in [0.1, 0.15) is 5.60 Å². The highest BCUT2D eigenvalue weighted by atomic mass is 35.5. The van der Waals surface area contributed by atoms with Gasteiger partial charge in [0.15, 0.2) is 4.87 Å². The predicted octanol–water partition coefficient (Wildman–Crippen LogP) is 3.17. The number of esters is 1. The summed E-state index contributed by atoms with van der Waals surface area (Å²) in [6, 6.07) is 0. The van der Waals surface area contributed by atoms with Crippen LogP contribution in [0.15, 0.2) is 23.8 Å². The molecule has 0 radical (unpaired) electrons. The molecule has 3 N–H and O–H groups in total. The van der Waals surface area contributed by atoms with Crippen molar-refractivity contribution in [2.75, 3.05) is 6.54 Å². The van der Waals surface area contributed by atoms with Gasteiger partial charge in [0.25, 0.3) is 0 Å². The second-order valence-corrected chi connectivity index (χ2v) is 9.02. The van der Waals surface area contributed by atoms with Crippen molar-refractivity contribution in [1.82, 2.24) is 0 Å². The van der Waals surface area contributed by atoms with E-state index in [1.165, 1.54) is 0 Å². The van der Waals surface area contributed by atoms with E-state index in [0.29, 0.717) is 12.0 Å². The molecule has 0 spiro atoms. The lowest BCUT2D eigenvalue weighted by atomic mass is 9.80. The second-order valence-electron chi connectivity index (χ2n) is 8.40. The maximum absolute atomic E-state index is 12.6. The van der Waals surface area contributed by atoms with E-state index in [-0.39, 0.29) is 17.9 Å². The number of ether oxygens (including phenoxy) is 1. The molecule has 0 heterocycles. The van der Waals surface area contributed by atoms with Gasteiger partial charge in [0.2, 0.25) is 0 Å². The normalized spacial score (nSPS) is 26.7. The van der Waals surface area contributed by atoms with Crippen molar-refractivity contribution in [3.05, 3.63) is 23.8 Å². The Labute approximate surface area is 144 Å². The summed E-state index contributed by atoms with van der Waals surface area (Å²) in [7, 11) is 0. The van der Waals surface area contributed by atoms with Gasteiger partial charge in [-0.05, 0) is 44.3 Å². The van der Waals surface area contributed by atoms with Gasteiger partial charge in [0, 0.05) is 12.5 Å². The molecule has 0 bridgehead atoms. The number of hydrogen-bond acceptors (Lipinski definition) is 4. The fraction of sp³-hybridized carbons (Fsp3) is 0.722. The Balaban J connectivity index is 3.11. The summed E-state index contributed by atoms with van der Waals surface area (Å²) in [4.78, 5) is 11.2. The van der Waals surface area contributed by atoms with Crippen LogP contribution in [0.3, 0.4) is 0 Å². The Morgan fingerprint density at radius 1 is 1.39 bits per heavy atom. The fourth-order valence-electron chi connectivity index (χ4n) is 2.49. The van der Waals surface area contributed by atoms with Crippen LogP contribution < -0.4 is 5.73 Å². The largest absolute Gasteiger partial charge is 0.458 e. The number of carbonyl (C=O) groups excluding carboxylic acids is 1. The van der Waals surface area contributed by atoms with E-state index in [4.69, 9.17) is 22.1 Å². The van der Waals surface area contributed by atoms with Crippen LogP contribution in [0.1, 0.15) is 48.0 Å². The minimum absolute atomic E-state index is 0.0420. The summed E-state index contributed by atoms with van der Waals surface area (Å²) in [5.74, 6) is -0.906. The van der Waals surface area contributed by atoms with Crippen LogP contribution >= 0.6 is 11.6 Å². The first kappa shape index (κ1) is 20.2. The van der Waals surface area contributed by atoms with Gasteiger partial charge in [-0.1, -0.05) is 32.9 Å². The lowest BCUT2D eigenvalue weighted by molar-refractivity contribution is -0.157. The van der Waals surface area contributed by atoms with E-state index in [9.17, 15) is 9.90 Å². The minimum Gasteiger partial charge on any atom is -0.458 e. The number of halogens is 1. The Bertz CT molecular complexity index is 499. The molecule has 0 aromatic carbocycles. The van der Waals surface area contributed by atoms with Gasteiger partial charge in [-0.3, -0.25) is 0 Å². The zero-order valence-electron chi connectivity index (χ0n) is 15.0. The summed E-state index contributed by atoms with van der Waals surface area (Å²) in [6.07, 6.45) is 5.08. The molecule has 1 rings (SSSR count). The van der Waals surface area contributed by atoms with Crippen LogP contribution in [0, 0.1) is 11.3 Å². The molecule has 5 heteroatoms. The number of nitrogens with two attached hydrogens (primary N) is 1. The molecule has 3 unspecified atom stereocenters. The number of aliphatic hydroxyl groups excluding tert-OH is 1. The lowest BCUT2D eigenvalue weighted by Crippen LogP contribution is -2.47. The van der Waals surface area contributed by atoms with Crippen LogP contribution in [0.4, 0.5) is 0 Å². The van der Waals surface area contributed by atoms with Crippen molar-refractivity contribution in [3.63, 3.8) is 0 Å². The number of hydrogen-bond donors (Lipinski definition) is 2. The molecule has 3 atom stereocenters. The van der Waals surface area contributed by atoms with Crippen LogP contribution in [-0.2, 0) is 9.53 Å². The van der Waals surface area contributed by atoms with Gasteiger partial charge in [-0.15, -0.1) is 11.6 Å². The molecule has 0 saturated heterocycles. The minimum atomic E-state index is -1.38. The molecule has 132 valence electrons. The molecule has 23 heavy (non-hydrogen) atoms. The molecule has 0 aliphatic heterocycles. The number of alkyl halides is 1. The number of aliphatic hydroxyl groups is 1. The van der Waals surface area contributed by atoms with Crippen molar-refractivity contribution in [3.8, 4) is 0 Å². The molecule has 0 saturated carbocycles. The fourth-order valence-corrected chi connectivity index (χ4v) is 2.81. The van der Waals surface area contributed by atoms with E-state index in [1.54, 1.807) is 39.0 Å². The van der Waals surface area contributed by atoms with E-state index in [2.05, 4.69) is 0 Å². The highest BCUT2D eigenvalue weighted by Crippen LogP contribution is 2.37. The third-order valence-electron chi connectivity index (χ3n) is 3.59. The third-order valence-corrected chi connectivity index (χ3v) is 4.14. The zero-order chi connectivity index (χ0) is 18.1. The van der Waals surface area contributed by atoms with Crippen molar-refractivity contribution in [2.45, 2.75) is 64.5 Å². The highest BCUT2D eigenvalue weighted by molar-refractivity contribution is 6.36. The summed E-state index contributed by atoms with van der Waals surface area (Å²) in [5.41, 5.74) is 5.72. The van der Waals surface area contributed by atoms with Gasteiger partial charge in [-0.2, -0.15) is 0 Å². The van der Waals surface area contributed by atoms with E-state index in [0.717, 1.165) is 0 Å². The van der Waals surface area contributed by atoms with E-state index in [1.807, 2.05) is 20.8 Å². The molecule has 1 aliphatic rings. The Hall–Kier alpha value is -0.840. The smallest absolute Gasteiger partial charge is 0.332 e. The summed E-state index contributed by atoms with van der Waals surface area (Å²) in [5, 5.41) is 10.5. The van der Waals surface area contributed by atoms with Crippen molar-refractivity contribution >= 4 is 17.6 Å². The van der Waals surface area contributed by atoms with Crippen LogP contribution in [0.5, 0.6) is 0 Å². The molecule has 0 fully saturated rings. The number of carbonyl (C=O) groups is 1. The van der Waals surface area contributed by atoms with Crippen molar-refractivity contribution in [2.24, 2.45) is 17.1 Å². The Morgan fingerprint density at radius 3 is 2.39 bits per heavy atom. The van der Waals surface area contributed by atoms with Gasteiger partial charge in [-0.25, -0.2) is 4.79 Å². The Morgan fingerprint density at radius 2 is 1.96 bits per heavy atom.